The number of rotatable bonds is 10. The lowest BCUT2D eigenvalue weighted by atomic mass is 9.93. The number of thiol groups is 1. The van der Waals surface area contributed by atoms with Gasteiger partial charge in [0.05, 0.1) is 0 Å². The molecule has 0 aliphatic carbocycles. The van der Waals surface area contributed by atoms with E-state index >= 15 is 0 Å². The zero-order valence-corrected chi connectivity index (χ0v) is 12.7. The second-order valence-electron chi connectivity index (χ2n) is 5.98. The van der Waals surface area contributed by atoms with E-state index in [2.05, 4.69) is 40.3 Å². The van der Waals surface area contributed by atoms with Gasteiger partial charge in [-0.3, -0.25) is 0 Å². The molecule has 2 unspecified atom stereocenters. The second-order valence-corrected chi connectivity index (χ2v) is 6.43. The summed E-state index contributed by atoms with van der Waals surface area (Å²) < 4.78 is 0. The summed E-state index contributed by atoms with van der Waals surface area (Å²) in [5.74, 6) is 3.73. The summed E-state index contributed by atoms with van der Waals surface area (Å²) in [7, 11) is 0. The molecule has 0 aliphatic heterocycles. The van der Waals surface area contributed by atoms with Crippen LogP contribution in [0.25, 0.3) is 0 Å². The molecule has 0 spiro atoms. The normalized spacial score (nSPS) is 15.4. The first-order valence-electron chi connectivity index (χ1n) is 7.17. The third-order valence-corrected chi connectivity index (χ3v) is 3.75. The SMILES string of the molecule is CC(C)CCCC(C)CCCC(C)CCS. The Morgan fingerprint density at radius 1 is 0.688 bits per heavy atom. The molecule has 1 heteroatoms. The van der Waals surface area contributed by atoms with E-state index in [0.29, 0.717) is 0 Å². The third-order valence-electron chi connectivity index (χ3n) is 3.49. The lowest BCUT2D eigenvalue weighted by Gasteiger charge is -2.14. The van der Waals surface area contributed by atoms with Crippen LogP contribution in [-0.2, 0) is 0 Å². The molecule has 0 aromatic heterocycles. The minimum Gasteiger partial charge on any atom is -0.179 e. The first-order chi connectivity index (χ1) is 7.56. The zero-order chi connectivity index (χ0) is 12.4. The van der Waals surface area contributed by atoms with Crippen molar-refractivity contribution >= 4 is 12.6 Å². The highest BCUT2D eigenvalue weighted by molar-refractivity contribution is 7.80. The van der Waals surface area contributed by atoms with E-state index in [-0.39, 0.29) is 0 Å². The van der Waals surface area contributed by atoms with Crippen molar-refractivity contribution in [3.8, 4) is 0 Å². The van der Waals surface area contributed by atoms with Crippen molar-refractivity contribution in [1.29, 1.82) is 0 Å². The van der Waals surface area contributed by atoms with Crippen LogP contribution < -0.4 is 0 Å². The Balaban J connectivity index is 3.32. The molecule has 0 nitrogen and oxygen atoms in total. The van der Waals surface area contributed by atoms with Gasteiger partial charge in [0.2, 0.25) is 0 Å². The highest BCUT2D eigenvalue weighted by Gasteiger charge is 2.05. The summed E-state index contributed by atoms with van der Waals surface area (Å²) in [6, 6.07) is 0. The summed E-state index contributed by atoms with van der Waals surface area (Å²) >= 11 is 4.29. The van der Waals surface area contributed by atoms with Gasteiger partial charge in [0.15, 0.2) is 0 Å². The average Bonchev–Trinajstić information content (AvgIpc) is 2.17. The molecule has 0 rings (SSSR count). The molecule has 0 bridgehead atoms. The maximum absolute atomic E-state index is 4.29. The van der Waals surface area contributed by atoms with Crippen LogP contribution >= 0.6 is 12.6 Å². The topological polar surface area (TPSA) is 0 Å². The highest BCUT2D eigenvalue weighted by atomic mass is 32.1. The number of hydrogen-bond donors (Lipinski definition) is 1. The van der Waals surface area contributed by atoms with Gasteiger partial charge in [-0.2, -0.15) is 12.6 Å². The molecule has 0 aromatic rings. The van der Waals surface area contributed by atoms with Crippen LogP contribution in [-0.4, -0.2) is 5.75 Å². The molecule has 0 saturated heterocycles. The van der Waals surface area contributed by atoms with E-state index in [1.54, 1.807) is 0 Å². The van der Waals surface area contributed by atoms with Crippen molar-refractivity contribution in [3.63, 3.8) is 0 Å². The molecule has 0 aliphatic rings. The van der Waals surface area contributed by atoms with Crippen molar-refractivity contribution in [2.75, 3.05) is 5.75 Å². The van der Waals surface area contributed by atoms with Gasteiger partial charge in [-0.25, -0.2) is 0 Å². The summed E-state index contributed by atoms with van der Waals surface area (Å²) in [6.07, 6.45) is 9.78. The van der Waals surface area contributed by atoms with Crippen LogP contribution in [0.3, 0.4) is 0 Å². The third kappa shape index (κ3) is 10.9. The molecule has 98 valence electrons. The molecule has 0 fully saturated rings. The van der Waals surface area contributed by atoms with E-state index in [0.717, 1.165) is 23.5 Å². The molecule has 16 heavy (non-hydrogen) atoms. The van der Waals surface area contributed by atoms with Gasteiger partial charge >= 0.3 is 0 Å². The summed E-state index contributed by atoms with van der Waals surface area (Å²) in [6.45, 7) is 9.43. The fraction of sp³-hybridized carbons (Fsp3) is 1.00. The van der Waals surface area contributed by atoms with E-state index in [1.807, 2.05) is 0 Å². The van der Waals surface area contributed by atoms with Crippen LogP contribution in [0.2, 0.25) is 0 Å². The smallest absolute Gasteiger partial charge is 0.00954 e. The van der Waals surface area contributed by atoms with Crippen molar-refractivity contribution in [1.82, 2.24) is 0 Å². The Hall–Kier alpha value is 0.350. The Morgan fingerprint density at radius 3 is 1.56 bits per heavy atom. The largest absolute Gasteiger partial charge is 0.179 e. The van der Waals surface area contributed by atoms with Crippen LogP contribution in [0.1, 0.15) is 72.6 Å². The van der Waals surface area contributed by atoms with E-state index in [1.165, 1.54) is 44.9 Å². The average molecular weight is 244 g/mol. The van der Waals surface area contributed by atoms with Gasteiger partial charge < -0.3 is 0 Å². The van der Waals surface area contributed by atoms with Crippen LogP contribution in [0, 0.1) is 17.8 Å². The van der Waals surface area contributed by atoms with E-state index < -0.39 is 0 Å². The number of hydrogen-bond acceptors (Lipinski definition) is 1. The molecular weight excluding hydrogens is 212 g/mol. The van der Waals surface area contributed by atoms with Crippen molar-refractivity contribution < 1.29 is 0 Å². The lowest BCUT2D eigenvalue weighted by molar-refractivity contribution is 0.398. The van der Waals surface area contributed by atoms with Gasteiger partial charge in [0, 0.05) is 0 Å². The quantitative estimate of drug-likeness (QED) is 0.477. The maximum Gasteiger partial charge on any atom is -0.00954 e. The van der Waals surface area contributed by atoms with Gasteiger partial charge in [-0.05, 0) is 29.9 Å². The minimum atomic E-state index is 0.875. The van der Waals surface area contributed by atoms with Crippen LogP contribution in [0.4, 0.5) is 0 Å². The zero-order valence-electron chi connectivity index (χ0n) is 11.8. The molecule has 2 atom stereocenters. The summed E-state index contributed by atoms with van der Waals surface area (Å²) in [5, 5.41) is 0. The van der Waals surface area contributed by atoms with Crippen molar-refractivity contribution in [3.05, 3.63) is 0 Å². The molecule has 0 amide bonds. The van der Waals surface area contributed by atoms with E-state index in [4.69, 9.17) is 0 Å². The van der Waals surface area contributed by atoms with Crippen LogP contribution in [0.15, 0.2) is 0 Å². The van der Waals surface area contributed by atoms with Gasteiger partial charge in [0.25, 0.3) is 0 Å². The predicted octanol–water partition coefficient (Wildman–Crippen LogP) is 5.58. The highest BCUT2D eigenvalue weighted by Crippen LogP contribution is 2.20. The van der Waals surface area contributed by atoms with Gasteiger partial charge in [-0.15, -0.1) is 0 Å². The molecular formula is C15H32S. The standard InChI is InChI=1S/C15H32S/c1-13(2)7-5-8-14(3)9-6-10-15(4)11-12-16/h13-16H,5-12H2,1-4H3. The molecule has 0 aromatic carbocycles. The summed E-state index contributed by atoms with van der Waals surface area (Å²) in [5.41, 5.74) is 0. The predicted molar refractivity (Wildman–Crippen MR) is 79.3 cm³/mol. The van der Waals surface area contributed by atoms with E-state index in [9.17, 15) is 0 Å². The lowest BCUT2D eigenvalue weighted by Crippen LogP contribution is -2.00. The molecule has 0 heterocycles. The molecule has 0 N–H and O–H groups in total. The first kappa shape index (κ1) is 16.4. The Bertz CT molecular complexity index is 142. The Kier molecular flexibility index (Phi) is 10.7. The maximum atomic E-state index is 4.29. The summed E-state index contributed by atoms with van der Waals surface area (Å²) in [4.78, 5) is 0. The van der Waals surface area contributed by atoms with Gasteiger partial charge in [0.1, 0.15) is 0 Å². The van der Waals surface area contributed by atoms with Gasteiger partial charge in [-0.1, -0.05) is 66.2 Å². The fourth-order valence-corrected chi connectivity index (χ4v) is 2.64. The Morgan fingerprint density at radius 2 is 1.12 bits per heavy atom. The Labute approximate surface area is 109 Å². The van der Waals surface area contributed by atoms with Crippen molar-refractivity contribution in [2.24, 2.45) is 17.8 Å². The molecule has 0 radical (unpaired) electrons. The minimum absolute atomic E-state index is 0.875. The first-order valence-corrected chi connectivity index (χ1v) is 7.80. The van der Waals surface area contributed by atoms with Crippen LogP contribution in [0.5, 0.6) is 0 Å². The van der Waals surface area contributed by atoms with Crippen molar-refractivity contribution in [2.45, 2.75) is 72.6 Å². The fourth-order valence-electron chi connectivity index (χ4n) is 2.20. The second kappa shape index (κ2) is 10.5. The molecule has 0 saturated carbocycles. The monoisotopic (exact) mass is 244 g/mol.